The molecule has 9 heteroatoms. The first-order valence-corrected chi connectivity index (χ1v) is 10.9. The Kier molecular flexibility index (Phi) is 7.27. The quantitative estimate of drug-likeness (QED) is 0.630. The minimum absolute atomic E-state index is 0.0180. The van der Waals surface area contributed by atoms with E-state index in [1.165, 1.54) is 24.0 Å². The summed E-state index contributed by atoms with van der Waals surface area (Å²) in [6.07, 6.45) is 1.71. The zero-order valence-electron chi connectivity index (χ0n) is 19.4. The zero-order valence-corrected chi connectivity index (χ0v) is 19.4. The summed E-state index contributed by atoms with van der Waals surface area (Å²) in [7, 11) is 4.68. The zero-order chi connectivity index (χ0) is 23.4. The number of methoxy groups -OCH3 is 2. The lowest BCUT2D eigenvalue weighted by molar-refractivity contribution is -0.137. The molecule has 3 rings (SSSR count). The molecule has 4 amide bonds. The molecule has 0 radical (unpaired) electrons. The van der Waals surface area contributed by atoms with Gasteiger partial charge in [0.05, 0.1) is 38.1 Å². The molecule has 0 unspecified atom stereocenters. The van der Waals surface area contributed by atoms with E-state index in [1.807, 2.05) is 13.8 Å². The maximum atomic E-state index is 13.5. The van der Waals surface area contributed by atoms with Gasteiger partial charge in [-0.3, -0.25) is 14.5 Å². The van der Waals surface area contributed by atoms with E-state index >= 15 is 0 Å². The molecule has 0 saturated carbocycles. The van der Waals surface area contributed by atoms with Crippen molar-refractivity contribution in [3.63, 3.8) is 0 Å². The van der Waals surface area contributed by atoms with Crippen molar-refractivity contribution in [2.75, 3.05) is 47.4 Å². The van der Waals surface area contributed by atoms with E-state index in [0.29, 0.717) is 41.4 Å². The van der Waals surface area contributed by atoms with Crippen molar-refractivity contribution in [2.45, 2.75) is 32.7 Å². The number of carbonyl (C=O) groups is 3. The highest BCUT2D eigenvalue weighted by Gasteiger charge is 2.44. The van der Waals surface area contributed by atoms with Crippen molar-refractivity contribution in [1.82, 2.24) is 20.0 Å². The van der Waals surface area contributed by atoms with Gasteiger partial charge in [0, 0.05) is 25.7 Å². The number of rotatable bonds is 9. The minimum Gasteiger partial charge on any atom is -0.493 e. The van der Waals surface area contributed by atoms with Crippen LogP contribution in [0.5, 0.6) is 11.5 Å². The second kappa shape index (κ2) is 9.93. The molecule has 1 aromatic carbocycles. The Morgan fingerprint density at radius 3 is 2.44 bits per heavy atom. The van der Waals surface area contributed by atoms with Gasteiger partial charge in [-0.2, -0.15) is 0 Å². The average molecular weight is 445 g/mol. The molecular weight excluding hydrogens is 412 g/mol. The van der Waals surface area contributed by atoms with Gasteiger partial charge in [0.25, 0.3) is 5.91 Å². The van der Waals surface area contributed by atoms with Gasteiger partial charge in [0.15, 0.2) is 11.5 Å². The molecule has 9 nitrogen and oxygen atoms in total. The Morgan fingerprint density at radius 2 is 1.84 bits per heavy atom. The van der Waals surface area contributed by atoms with Crippen LogP contribution in [0.2, 0.25) is 0 Å². The summed E-state index contributed by atoms with van der Waals surface area (Å²) in [5, 5.41) is 2.90. The van der Waals surface area contributed by atoms with Gasteiger partial charge >= 0.3 is 6.03 Å². The summed E-state index contributed by atoms with van der Waals surface area (Å²) in [5.41, 5.74) is 1.67. The lowest BCUT2D eigenvalue weighted by Gasteiger charge is -2.31. The van der Waals surface area contributed by atoms with E-state index in [1.54, 1.807) is 30.1 Å². The van der Waals surface area contributed by atoms with Crippen LogP contribution >= 0.6 is 0 Å². The Labute approximate surface area is 188 Å². The van der Waals surface area contributed by atoms with E-state index in [0.717, 1.165) is 12.8 Å². The van der Waals surface area contributed by atoms with Crippen LogP contribution in [0.4, 0.5) is 4.79 Å². The molecule has 1 N–H and O–H groups in total. The molecule has 0 fully saturated rings. The number of para-hydroxylation sites is 1. The number of carbonyl (C=O) groups excluding carboxylic acids is 3. The molecule has 1 atom stereocenters. The van der Waals surface area contributed by atoms with Gasteiger partial charge in [-0.05, 0) is 18.9 Å². The van der Waals surface area contributed by atoms with Crippen LogP contribution in [0, 0.1) is 0 Å². The summed E-state index contributed by atoms with van der Waals surface area (Å²) >= 11 is 0. The first-order valence-electron chi connectivity index (χ1n) is 10.9. The third-order valence-electron chi connectivity index (χ3n) is 5.85. The Hall–Kier alpha value is -3.23. The summed E-state index contributed by atoms with van der Waals surface area (Å²) in [6.45, 7) is 5.55. The maximum Gasteiger partial charge on any atom is 0.322 e. The molecule has 0 bridgehead atoms. The molecule has 2 heterocycles. The van der Waals surface area contributed by atoms with Crippen molar-refractivity contribution in [3.05, 3.63) is 35.0 Å². The Balaban J connectivity index is 1.93. The molecule has 1 aromatic rings. The minimum atomic E-state index is -0.700. The normalized spacial score (nSPS) is 18.0. The fraction of sp³-hybridized carbons (Fsp3) is 0.522. The molecule has 2 aliphatic rings. The highest BCUT2D eigenvalue weighted by molar-refractivity contribution is 6.03. The van der Waals surface area contributed by atoms with Crippen molar-refractivity contribution in [2.24, 2.45) is 0 Å². The van der Waals surface area contributed by atoms with Gasteiger partial charge in [0.1, 0.15) is 6.54 Å². The first kappa shape index (κ1) is 23.4. The molecule has 2 aliphatic heterocycles. The molecule has 0 saturated heterocycles. The molecular formula is C23H32N4O5. The van der Waals surface area contributed by atoms with Crippen molar-refractivity contribution >= 4 is 17.8 Å². The third-order valence-corrected chi connectivity index (χ3v) is 5.85. The van der Waals surface area contributed by atoms with Crippen LogP contribution in [0.15, 0.2) is 29.5 Å². The summed E-state index contributed by atoms with van der Waals surface area (Å²) in [4.78, 5) is 43.8. The topological polar surface area (TPSA) is 91.4 Å². The average Bonchev–Trinajstić information content (AvgIpc) is 3.11. The van der Waals surface area contributed by atoms with Crippen LogP contribution in [0.25, 0.3) is 0 Å². The second-order valence-electron chi connectivity index (χ2n) is 7.93. The van der Waals surface area contributed by atoms with Gasteiger partial charge in [-0.1, -0.05) is 26.0 Å². The molecule has 0 spiro atoms. The van der Waals surface area contributed by atoms with Crippen molar-refractivity contribution < 1.29 is 23.9 Å². The predicted octanol–water partition coefficient (Wildman–Crippen LogP) is 2.14. The number of benzene rings is 1. The fourth-order valence-electron chi connectivity index (χ4n) is 4.29. The summed E-state index contributed by atoms with van der Waals surface area (Å²) in [5.74, 6) is 0.617. The number of likely N-dealkylation sites (N-methyl/N-ethyl adjacent to an activating group) is 1. The molecule has 174 valence electrons. The van der Waals surface area contributed by atoms with Gasteiger partial charge in [-0.15, -0.1) is 0 Å². The number of nitrogens with zero attached hydrogens (tertiary/aromatic N) is 3. The van der Waals surface area contributed by atoms with Gasteiger partial charge in [-0.25, -0.2) is 4.79 Å². The predicted molar refractivity (Wildman–Crippen MR) is 119 cm³/mol. The van der Waals surface area contributed by atoms with Crippen LogP contribution in [0.3, 0.4) is 0 Å². The van der Waals surface area contributed by atoms with Crippen molar-refractivity contribution in [3.8, 4) is 11.5 Å². The number of urea groups is 1. The van der Waals surface area contributed by atoms with Crippen LogP contribution in [0.1, 0.15) is 38.3 Å². The van der Waals surface area contributed by atoms with Crippen LogP contribution in [-0.4, -0.2) is 80.0 Å². The summed E-state index contributed by atoms with van der Waals surface area (Å²) < 4.78 is 10.9. The SMILES string of the molecule is CCCN(CCC)C(=O)CN1CC2=C(C1=O)[C@H](c1cccc(OC)c1OC)NC(=O)N2C. The molecule has 32 heavy (non-hydrogen) atoms. The van der Waals surface area contributed by atoms with E-state index in [-0.39, 0.29) is 30.9 Å². The standard InChI is InChI=1S/C23H32N4O5/c1-6-11-26(12-7-2)18(28)14-27-13-16-19(22(27)29)20(24-23(30)25(16)3)15-9-8-10-17(31-4)21(15)32-5/h8-10,20H,6-7,11-14H2,1-5H3,(H,24,30)/t20-/m0/s1. The number of ether oxygens (including phenoxy) is 2. The third kappa shape index (κ3) is 4.24. The largest absolute Gasteiger partial charge is 0.493 e. The van der Waals surface area contributed by atoms with E-state index in [2.05, 4.69) is 5.32 Å². The van der Waals surface area contributed by atoms with Gasteiger partial charge < -0.3 is 24.6 Å². The lowest BCUT2D eigenvalue weighted by atomic mass is 9.94. The van der Waals surface area contributed by atoms with E-state index in [4.69, 9.17) is 9.47 Å². The lowest BCUT2D eigenvalue weighted by Crippen LogP contribution is -2.45. The number of hydrogen-bond donors (Lipinski definition) is 1. The maximum absolute atomic E-state index is 13.5. The number of amides is 4. The fourth-order valence-corrected chi connectivity index (χ4v) is 4.29. The Bertz CT molecular complexity index is 923. The van der Waals surface area contributed by atoms with Crippen molar-refractivity contribution in [1.29, 1.82) is 0 Å². The highest BCUT2D eigenvalue weighted by atomic mass is 16.5. The van der Waals surface area contributed by atoms with E-state index in [9.17, 15) is 14.4 Å². The monoisotopic (exact) mass is 444 g/mol. The number of hydrogen-bond acceptors (Lipinski definition) is 5. The smallest absolute Gasteiger partial charge is 0.322 e. The first-order chi connectivity index (χ1) is 15.4. The Morgan fingerprint density at radius 1 is 1.16 bits per heavy atom. The second-order valence-corrected chi connectivity index (χ2v) is 7.93. The molecule has 0 aliphatic carbocycles. The van der Waals surface area contributed by atoms with Crippen LogP contribution in [-0.2, 0) is 9.59 Å². The van der Waals surface area contributed by atoms with Crippen LogP contribution < -0.4 is 14.8 Å². The number of nitrogens with one attached hydrogen (secondary N) is 1. The summed E-state index contributed by atoms with van der Waals surface area (Å²) in [6, 6.07) is 4.32. The van der Waals surface area contributed by atoms with Gasteiger partial charge in [0.2, 0.25) is 5.91 Å². The molecule has 0 aromatic heterocycles. The van der Waals surface area contributed by atoms with E-state index < -0.39 is 6.04 Å². The highest BCUT2D eigenvalue weighted by Crippen LogP contribution is 2.42.